The summed E-state index contributed by atoms with van der Waals surface area (Å²) in [5.74, 6) is -0.0209. The van der Waals surface area contributed by atoms with Crippen LogP contribution in [0.3, 0.4) is 0 Å². The van der Waals surface area contributed by atoms with Crippen LogP contribution in [0.2, 0.25) is 10.0 Å². The Morgan fingerprint density at radius 3 is 2.81 bits per heavy atom. The molecule has 0 aliphatic carbocycles. The molecule has 1 N–H and O–H groups in total. The Labute approximate surface area is 195 Å². The van der Waals surface area contributed by atoms with E-state index in [1.807, 2.05) is 44.2 Å². The van der Waals surface area contributed by atoms with Gasteiger partial charge in [0, 0.05) is 39.2 Å². The van der Waals surface area contributed by atoms with Gasteiger partial charge in [0.25, 0.3) is 5.91 Å². The van der Waals surface area contributed by atoms with Crippen molar-refractivity contribution in [1.29, 1.82) is 0 Å². The number of rotatable bonds is 6. The zero-order valence-corrected chi connectivity index (χ0v) is 19.0. The molecule has 4 aromatic rings. The van der Waals surface area contributed by atoms with Crippen LogP contribution < -0.4 is 10.2 Å². The minimum Gasteiger partial charge on any atom is -0.482 e. The first kappa shape index (κ1) is 21.9. The van der Waals surface area contributed by atoms with E-state index < -0.39 is 5.91 Å². The maximum absolute atomic E-state index is 12.1. The quantitative estimate of drug-likeness (QED) is 0.302. The molecule has 0 saturated carbocycles. The van der Waals surface area contributed by atoms with E-state index in [9.17, 15) is 4.79 Å². The van der Waals surface area contributed by atoms with E-state index in [1.54, 1.807) is 30.6 Å². The van der Waals surface area contributed by atoms with Crippen molar-refractivity contribution in [2.24, 2.45) is 5.10 Å². The van der Waals surface area contributed by atoms with Crippen LogP contribution in [0.4, 0.5) is 0 Å². The lowest BCUT2D eigenvalue weighted by Crippen LogP contribution is -2.24. The largest absolute Gasteiger partial charge is 0.482 e. The molecule has 8 heteroatoms. The fourth-order valence-corrected chi connectivity index (χ4v) is 3.92. The molecular formula is C24H20Cl2N4O2. The molecule has 4 rings (SSSR count). The van der Waals surface area contributed by atoms with E-state index >= 15 is 0 Å². The number of benzene rings is 2. The summed E-state index contributed by atoms with van der Waals surface area (Å²) in [6, 6.07) is 16.9. The van der Waals surface area contributed by atoms with Crippen LogP contribution in [0.25, 0.3) is 16.6 Å². The van der Waals surface area contributed by atoms with Crippen molar-refractivity contribution in [1.82, 2.24) is 15.0 Å². The normalized spacial score (nSPS) is 11.2. The predicted octanol–water partition coefficient (Wildman–Crippen LogP) is 5.48. The molecule has 32 heavy (non-hydrogen) atoms. The molecule has 6 nitrogen and oxygen atoms in total. The zero-order chi connectivity index (χ0) is 22.7. The SMILES string of the molecule is Cc1cc(/C=N/NC(=O)COc2ccc(Cl)cc2Cl)c(C)n1-c1ccc2ncccc2c1. The molecule has 0 saturated heterocycles. The van der Waals surface area contributed by atoms with Crippen LogP contribution in [0.5, 0.6) is 5.75 Å². The number of halogens is 2. The predicted molar refractivity (Wildman–Crippen MR) is 128 cm³/mol. The van der Waals surface area contributed by atoms with Gasteiger partial charge in [0.2, 0.25) is 0 Å². The number of nitrogens with one attached hydrogen (secondary N) is 1. The third kappa shape index (κ3) is 4.77. The summed E-state index contributed by atoms with van der Waals surface area (Å²) in [7, 11) is 0. The van der Waals surface area contributed by atoms with Gasteiger partial charge in [-0.25, -0.2) is 5.43 Å². The Balaban J connectivity index is 1.43. The second-order valence-electron chi connectivity index (χ2n) is 7.20. The molecule has 2 aromatic carbocycles. The Bertz CT molecular complexity index is 1330. The smallest absolute Gasteiger partial charge is 0.277 e. The summed E-state index contributed by atoms with van der Waals surface area (Å²) in [6.45, 7) is 3.82. The number of fused-ring (bicyclic) bond motifs is 1. The van der Waals surface area contributed by atoms with Gasteiger partial charge in [-0.3, -0.25) is 9.78 Å². The molecule has 0 bridgehead atoms. The highest BCUT2D eigenvalue weighted by molar-refractivity contribution is 6.35. The maximum Gasteiger partial charge on any atom is 0.277 e. The average Bonchev–Trinajstić information content (AvgIpc) is 3.05. The Morgan fingerprint density at radius 2 is 2.00 bits per heavy atom. The molecule has 0 radical (unpaired) electrons. The lowest BCUT2D eigenvalue weighted by Gasteiger charge is -2.10. The number of hydrogen-bond acceptors (Lipinski definition) is 4. The zero-order valence-electron chi connectivity index (χ0n) is 17.5. The number of hydrazone groups is 1. The van der Waals surface area contributed by atoms with Crippen LogP contribution in [-0.4, -0.2) is 28.3 Å². The van der Waals surface area contributed by atoms with Gasteiger partial charge < -0.3 is 9.30 Å². The second kappa shape index (κ2) is 9.42. The summed E-state index contributed by atoms with van der Waals surface area (Å²) in [5, 5.41) is 5.97. The van der Waals surface area contributed by atoms with Crippen LogP contribution >= 0.6 is 23.2 Å². The van der Waals surface area contributed by atoms with Crippen LogP contribution in [0, 0.1) is 13.8 Å². The minimum atomic E-state index is -0.400. The third-order valence-electron chi connectivity index (χ3n) is 4.96. The number of nitrogens with zero attached hydrogens (tertiary/aromatic N) is 3. The van der Waals surface area contributed by atoms with E-state index in [0.29, 0.717) is 15.8 Å². The fourth-order valence-electron chi connectivity index (χ4n) is 3.46. The van der Waals surface area contributed by atoms with Gasteiger partial charge >= 0.3 is 0 Å². The molecule has 0 aliphatic rings. The van der Waals surface area contributed by atoms with Gasteiger partial charge in [0.1, 0.15) is 5.75 Å². The number of hydrogen-bond donors (Lipinski definition) is 1. The Morgan fingerprint density at radius 1 is 1.16 bits per heavy atom. The summed E-state index contributed by atoms with van der Waals surface area (Å²) < 4.78 is 7.55. The van der Waals surface area contributed by atoms with E-state index in [1.165, 1.54) is 0 Å². The van der Waals surface area contributed by atoms with Crippen molar-refractivity contribution >= 4 is 46.2 Å². The van der Waals surface area contributed by atoms with Gasteiger partial charge in [0.05, 0.1) is 16.8 Å². The van der Waals surface area contributed by atoms with Crippen molar-refractivity contribution in [3.8, 4) is 11.4 Å². The molecule has 2 aromatic heterocycles. The molecular weight excluding hydrogens is 447 g/mol. The molecule has 162 valence electrons. The van der Waals surface area contributed by atoms with E-state index in [0.717, 1.165) is 33.5 Å². The molecule has 0 unspecified atom stereocenters. The molecule has 0 aliphatic heterocycles. The number of ether oxygens (including phenoxy) is 1. The van der Waals surface area contributed by atoms with E-state index in [-0.39, 0.29) is 6.61 Å². The maximum atomic E-state index is 12.1. The average molecular weight is 467 g/mol. The number of aromatic nitrogens is 2. The third-order valence-corrected chi connectivity index (χ3v) is 5.49. The highest BCUT2D eigenvalue weighted by atomic mass is 35.5. The van der Waals surface area contributed by atoms with E-state index in [2.05, 4.69) is 26.1 Å². The molecule has 0 spiro atoms. The molecule has 0 atom stereocenters. The van der Waals surface area contributed by atoms with Crippen LogP contribution in [0.15, 0.2) is 65.9 Å². The number of aryl methyl sites for hydroxylation is 1. The van der Waals surface area contributed by atoms with Crippen molar-refractivity contribution in [3.63, 3.8) is 0 Å². The summed E-state index contributed by atoms with van der Waals surface area (Å²) in [6.07, 6.45) is 3.40. The van der Waals surface area contributed by atoms with Crippen LogP contribution in [0.1, 0.15) is 17.0 Å². The van der Waals surface area contributed by atoms with Gasteiger partial charge in [-0.2, -0.15) is 5.10 Å². The first-order valence-corrected chi connectivity index (χ1v) is 10.6. The Hall–Kier alpha value is -3.35. The molecule has 1 amide bonds. The van der Waals surface area contributed by atoms with Crippen molar-refractivity contribution in [3.05, 3.63) is 87.8 Å². The lowest BCUT2D eigenvalue weighted by molar-refractivity contribution is -0.123. The van der Waals surface area contributed by atoms with Crippen molar-refractivity contribution < 1.29 is 9.53 Å². The first-order valence-electron chi connectivity index (χ1n) is 9.86. The van der Waals surface area contributed by atoms with Crippen molar-refractivity contribution in [2.75, 3.05) is 6.61 Å². The standard InChI is InChI=1S/C24H20Cl2N4O2/c1-15-10-18(13-28-29-24(31)14-32-23-8-5-19(25)12-21(23)26)16(2)30(15)20-6-7-22-17(11-20)4-3-9-27-22/h3-13H,14H2,1-2H3,(H,29,31)/b28-13+. The minimum absolute atomic E-state index is 0.219. The molecule has 2 heterocycles. The monoisotopic (exact) mass is 466 g/mol. The second-order valence-corrected chi connectivity index (χ2v) is 8.04. The van der Waals surface area contributed by atoms with Crippen LogP contribution in [-0.2, 0) is 4.79 Å². The lowest BCUT2D eigenvalue weighted by atomic mass is 10.2. The van der Waals surface area contributed by atoms with Gasteiger partial charge in [-0.15, -0.1) is 0 Å². The van der Waals surface area contributed by atoms with Gasteiger partial charge in [-0.05, 0) is 62.4 Å². The first-order chi connectivity index (χ1) is 15.4. The number of amides is 1. The summed E-state index contributed by atoms with van der Waals surface area (Å²) in [5.41, 5.74) is 7.42. The number of pyridine rings is 1. The fraction of sp³-hybridized carbons (Fsp3) is 0.125. The number of carbonyl (C=O) groups is 1. The molecule has 0 fully saturated rings. The topological polar surface area (TPSA) is 68.5 Å². The summed E-state index contributed by atoms with van der Waals surface area (Å²) in [4.78, 5) is 16.4. The van der Waals surface area contributed by atoms with Gasteiger partial charge in [0.15, 0.2) is 6.61 Å². The number of carbonyl (C=O) groups excluding carboxylic acids is 1. The highest BCUT2D eigenvalue weighted by Crippen LogP contribution is 2.27. The highest BCUT2D eigenvalue weighted by Gasteiger charge is 2.11. The van der Waals surface area contributed by atoms with Gasteiger partial charge in [-0.1, -0.05) is 29.3 Å². The van der Waals surface area contributed by atoms with E-state index in [4.69, 9.17) is 27.9 Å². The summed E-state index contributed by atoms with van der Waals surface area (Å²) >= 11 is 11.9. The Kier molecular flexibility index (Phi) is 6.44. The van der Waals surface area contributed by atoms with Crippen molar-refractivity contribution in [2.45, 2.75) is 13.8 Å².